The van der Waals surface area contributed by atoms with Crippen LogP contribution in [-0.2, 0) is 10.0 Å². The van der Waals surface area contributed by atoms with Gasteiger partial charge in [0.15, 0.2) is 11.7 Å². The summed E-state index contributed by atoms with van der Waals surface area (Å²) in [5.41, 5.74) is 1.54. The SMILES string of the molecule is COc1ccc(Cl)cc1NS(=O)(=O)c1cc(-c2cnc(C3CC3)o2)ccc1C. The van der Waals surface area contributed by atoms with Gasteiger partial charge in [-0.2, -0.15) is 0 Å². The molecule has 1 heterocycles. The molecule has 6 nitrogen and oxygen atoms in total. The number of halogens is 1. The van der Waals surface area contributed by atoms with E-state index in [4.69, 9.17) is 20.8 Å². The molecule has 8 heteroatoms. The quantitative estimate of drug-likeness (QED) is 0.609. The van der Waals surface area contributed by atoms with Crippen molar-refractivity contribution in [2.45, 2.75) is 30.6 Å². The minimum atomic E-state index is -3.87. The zero-order valence-corrected chi connectivity index (χ0v) is 17.0. The molecular weight excluding hydrogens is 400 g/mol. The van der Waals surface area contributed by atoms with Crippen molar-refractivity contribution in [3.63, 3.8) is 0 Å². The number of nitrogens with one attached hydrogen (secondary N) is 1. The Morgan fingerprint density at radius 3 is 2.71 bits per heavy atom. The van der Waals surface area contributed by atoms with Gasteiger partial charge in [0.05, 0.1) is 23.9 Å². The number of oxazole rings is 1. The van der Waals surface area contributed by atoms with Gasteiger partial charge < -0.3 is 9.15 Å². The minimum absolute atomic E-state index is 0.149. The molecule has 146 valence electrons. The third kappa shape index (κ3) is 3.72. The Hall–Kier alpha value is -2.51. The summed E-state index contributed by atoms with van der Waals surface area (Å²) in [6, 6.07) is 9.91. The van der Waals surface area contributed by atoms with Crippen molar-refractivity contribution < 1.29 is 17.6 Å². The Morgan fingerprint density at radius 2 is 2.00 bits per heavy atom. The first-order valence-electron chi connectivity index (χ1n) is 8.80. The number of rotatable bonds is 6. The van der Waals surface area contributed by atoms with E-state index < -0.39 is 10.0 Å². The molecule has 0 unspecified atom stereocenters. The van der Waals surface area contributed by atoms with Crippen LogP contribution in [0.1, 0.15) is 30.2 Å². The molecule has 0 spiro atoms. The summed E-state index contributed by atoms with van der Waals surface area (Å²) in [6.07, 6.45) is 3.81. The van der Waals surface area contributed by atoms with Crippen LogP contribution in [0.5, 0.6) is 5.75 Å². The summed E-state index contributed by atoms with van der Waals surface area (Å²) in [7, 11) is -2.41. The molecule has 1 aliphatic rings. The average Bonchev–Trinajstić information content (AvgIpc) is 3.39. The summed E-state index contributed by atoms with van der Waals surface area (Å²) < 4.78 is 39.7. The molecule has 1 N–H and O–H groups in total. The first-order chi connectivity index (χ1) is 13.4. The van der Waals surface area contributed by atoms with Gasteiger partial charge in [0, 0.05) is 16.5 Å². The highest BCUT2D eigenvalue weighted by molar-refractivity contribution is 7.92. The lowest BCUT2D eigenvalue weighted by Gasteiger charge is -2.14. The van der Waals surface area contributed by atoms with Crippen LogP contribution in [0.2, 0.25) is 5.02 Å². The second kappa shape index (κ2) is 7.14. The smallest absolute Gasteiger partial charge is 0.262 e. The van der Waals surface area contributed by atoms with E-state index in [1.165, 1.54) is 13.2 Å². The number of methoxy groups -OCH3 is 1. The summed E-state index contributed by atoms with van der Waals surface area (Å²) in [6.45, 7) is 1.74. The number of hydrogen-bond acceptors (Lipinski definition) is 5. The van der Waals surface area contributed by atoms with Crippen LogP contribution < -0.4 is 9.46 Å². The first-order valence-corrected chi connectivity index (χ1v) is 10.7. The molecular formula is C20H19ClN2O4S. The van der Waals surface area contributed by atoms with Gasteiger partial charge in [0.2, 0.25) is 0 Å². The van der Waals surface area contributed by atoms with Crippen molar-refractivity contribution in [3.8, 4) is 17.1 Å². The van der Waals surface area contributed by atoms with Gasteiger partial charge in [-0.1, -0.05) is 23.7 Å². The molecule has 1 saturated carbocycles. The topological polar surface area (TPSA) is 81.4 Å². The minimum Gasteiger partial charge on any atom is -0.495 e. The summed E-state index contributed by atoms with van der Waals surface area (Å²) >= 11 is 6.01. The van der Waals surface area contributed by atoms with Gasteiger partial charge in [0.25, 0.3) is 10.0 Å². The number of nitrogens with zero attached hydrogens (tertiary/aromatic N) is 1. The second-order valence-corrected chi connectivity index (χ2v) is 8.85. The van der Waals surface area contributed by atoms with E-state index in [-0.39, 0.29) is 10.6 Å². The molecule has 4 rings (SSSR count). The van der Waals surface area contributed by atoms with Gasteiger partial charge in [-0.05, 0) is 49.6 Å². The molecule has 1 fully saturated rings. The number of aryl methyl sites for hydroxylation is 1. The Morgan fingerprint density at radius 1 is 1.21 bits per heavy atom. The summed E-state index contributed by atoms with van der Waals surface area (Å²) in [5.74, 6) is 2.03. The monoisotopic (exact) mass is 418 g/mol. The molecule has 0 amide bonds. The molecule has 0 aliphatic heterocycles. The van der Waals surface area contributed by atoms with E-state index >= 15 is 0 Å². The van der Waals surface area contributed by atoms with Crippen LogP contribution in [0.3, 0.4) is 0 Å². The molecule has 0 saturated heterocycles. The number of aromatic nitrogens is 1. The van der Waals surface area contributed by atoms with Crippen molar-refractivity contribution in [3.05, 3.63) is 59.1 Å². The first kappa shape index (κ1) is 18.8. The molecule has 3 aromatic rings. The third-order valence-corrected chi connectivity index (χ3v) is 6.36. The van der Waals surface area contributed by atoms with Crippen molar-refractivity contribution in [1.29, 1.82) is 0 Å². The van der Waals surface area contributed by atoms with E-state index in [1.807, 2.05) is 6.07 Å². The predicted molar refractivity (Wildman–Crippen MR) is 107 cm³/mol. The fourth-order valence-corrected chi connectivity index (χ4v) is 4.45. The van der Waals surface area contributed by atoms with E-state index in [0.29, 0.717) is 39.5 Å². The van der Waals surface area contributed by atoms with Gasteiger partial charge >= 0.3 is 0 Å². The van der Waals surface area contributed by atoms with Gasteiger partial charge in [-0.15, -0.1) is 0 Å². The summed E-state index contributed by atoms with van der Waals surface area (Å²) in [4.78, 5) is 4.46. The van der Waals surface area contributed by atoms with Crippen molar-refractivity contribution >= 4 is 27.3 Å². The maximum atomic E-state index is 13.1. The number of hydrogen-bond donors (Lipinski definition) is 1. The average molecular weight is 419 g/mol. The van der Waals surface area contributed by atoms with E-state index in [1.54, 1.807) is 37.4 Å². The number of anilines is 1. The zero-order chi connectivity index (χ0) is 19.9. The van der Waals surface area contributed by atoms with Crippen LogP contribution in [0.15, 0.2) is 51.9 Å². The molecule has 1 aliphatic carbocycles. The Labute approximate surface area is 168 Å². The Kier molecular flexibility index (Phi) is 4.81. The summed E-state index contributed by atoms with van der Waals surface area (Å²) in [5, 5.41) is 0.401. The fraction of sp³-hybridized carbons (Fsp3) is 0.250. The highest BCUT2D eigenvalue weighted by atomic mass is 35.5. The molecule has 0 atom stereocenters. The van der Waals surface area contributed by atoms with E-state index in [9.17, 15) is 8.42 Å². The van der Waals surface area contributed by atoms with E-state index in [0.717, 1.165) is 12.8 Å². The maximum absolute atomic E-state index is 13.1. The van der Waals surface area contributed by atoms with Crippen LogP contribution in [-0.4, -0.2) is 20.5 Å². The largest absolute Gasteiger partial charge is 0.495 e. The van der Waals surface area contributed by atoms with Crippen molar-refractivity contribution in [2.75, 3.05) is 11.8 Å². The van der Waals surface area contributed by atoms with E-state index in [2.05, 4.69) is 9.71 Å². The lowest BCUT2D eigenvalue weighted by atomic mass is 10.1. The van der Waals surface area contributed by atoms with Crippen LogP contribution in [0, 0.1) is 6.92 Å². The van der Waals surface area contributed by atoms with Gasteiger partial charge in [-0.3, -0.25) is 4.72 Å². The van der Waals surface area contributed by atoms with Crippen LogP contribution in [0.4, 0.5) is 5.69 Å². The lowest BCUT2D eigenvalue weighted by molar-refractivity contribution is 0.417. The predicted octanol–water partition coefficient (Wildman–Crippen LogP) is 4.99. The van der Waals surface area contributed by atoms with Gasteiger partial charge in [-0.25, -0.2) is 13.4 Å². The van der Waals surface area contributed by atoms with Gasteiger partial charge in [0.1, 0.15) is 5.75 Å². The molecule has 0 radical (unpaired) electrons. The number of ether oxygens (including phenoxy) is 1. The fourth-order valence-electron chi connectivity index (χ4n) is 2.94. The van der Waals surface area contributed by atoms with Crippen molar-refractivity contribution in [1.82, 2.24) is 4.98 Å². The Bertz CT molecular complexity index is 1140. The highest BCUT2D eigenvalue weighted by Crippen LogP contribution is 2.41. The normalized spacial score (nSPS) is 14.1. The van der Waals surface area contributed by atoms with Crippen molar-refractivity contribution in [2.24, 2.45) is 0 Å². The molecule has 1 aromatic heterocycles. The van der Waals surface area contributed by atoms with Crippen LogP contribution in [0.25, 0.3) is 11.3 Å². The third-order valence-electron chi connectivity index (χ3n) is 4.62. The standard InChI is InChI=1S/C20H19ClN2O4S/c1-12-3-4-14(18-11-22-20(27-18)13-5-6-13)9-19(12)28(24,25)23-16-10-15(21)7-8-17(16)26-2/h3-4,7-11,13,23H,5-6H2,1-2H3. The molecule has 28 heavy (non-hydrogen) atoms. The molecule has 0 bridgehead atoms. The molecule has 2 aromatic carbocycles. The Balaban J connectivity index is 1.70. The van der Waals surface area contributed by atoms with Crippen LogP contribution >= 0.6 is 11.6 Å². The number of benzene rings is 2. The maximum Gasteiger partial charge on any atom is 0.262 e. The zero-order valence-electron chi connectivity index (χ0n) is 15.4. The highest BCUT2D eigenvalue weighted by Gasteiger charge is 2.29. The second-order valence-electron chi connectivity index (χ2n) is 6.77. The lowest BCUT2D eigenvalue weighted by Crippen LogP contribution is -2.15. The number of sulfonamides is 1.